The van der Waals surface area contributed by atoms with Crippen LogP contribution < -0.4 is 0 Å². The molecule has 65 valence electrons. The van der Waals surface area contributed by atoms with E-state index in [0.717, 1.165) is 0 Å². The molecule has 0 saturated carbocycles. The molecule has 0 aliphatic rings. The predicted molar refractivity (Wildman–Crippen MR) is 40.5 cm³/mol. The van der Waals surface area contributed by atoms with E-state index in [-0.39, 0.29) is 0 Å². The fourth-order valence-corrected chi connectivity index (χ4v) is 0.823. The summed E-state index contributed by atoms with van der Waals surface area (Å²) in [5.41, 5.74) is 0.606. The van der Waals surface area contributed by atoms with E-state index in [4.69, 9.17) is 0 Å². The van der Waals surface area contributed by atoms with Crippen molar-refractivity contribution in [2.75, 3.05) is 0 Å². The first kappa shape index (κ1) is 9.10. The lowest BCUT2D eigenvalue weighted by Crippen LogP contribution is -2.06. The summed E-state index contributed by atoms with van der Waals surface area (Å²) in [5.74, 6) is 0. The standard InChI is InChI=1S/C9H8F3/c10-9(11,12)7-6-8-4-2-1-3-5-8/h1-6H,7H2. The van der Waals surface area contributed by atoms with E-state index in [9.17, 15) is 13.2 Å². The van der Waals surface area contributed by atoms with Crippen molar-refractivity contribution in [2.24, 2.45) is 0 Å². The van der Waals surface area contributed by atoms with Gasteiger partial charge in [-0.05, 0) is 12.0 Å². The predicted octanol–water partition coefficient (Wildman–Crippen LogP) is 3.19. The van der Waals surface area contributed by atoms with Crippen molar-refractivity contribution in [3.8, 4) is 0 Å². The van der Waals surface area contributed by atoms with Crippen molar-refractivity contribution in [2.45, 2.75) is 12.6 Å². The number of halogens is 3. The van der Waals surface area contributed by atoms with Crippen LogP contribution in [0.4, 0.5) is 13.2 Å². The fraction of sp³-hybridized carbons (Fsp3) is 0.222. The fourth-order valence-electron chi connectivity index (χ4n) is 0.823. The Balaban J connectivity index is 2.44. The molecule has 1 rings (SSSR count). The normalized spacial score (nSPS) is 11.6. The van der Waals surface area contributed by atoms with Crippen LogP contribution in [0.25, 0.3) is 0 Å². The topological polar surface area (TPSA) is 0 Å². The SMILES string of the molecule is FC(F)(F)C[CH]c1ccccc1. The summed E-state index contributed by atoms with van der Waals surface area (Å²) >= 11 is 0. The zero-order valence-electron chi connectivity index (χ0n) is 6.31. The molecule has 3 heteroatoms. The van der Waals surface area contributed by atoms with E-state index in [0.29, 0.717) is 5.56 Å². The second-order valence-electron chi connectivity index (χ2n) is 2.43. The van der Waals surface area contributed by atoms with E-state index in [1.165, 1.54) is 6.42 Å². The lowest BCUT2D eigenvalue weighted by Gasteiger charge is -2.04. The average molecular weight is 173 g/mol. The van der Waals surface area contributed by atoms with Crippen molar-refractivity contribution in [1.82, 2.24) is 0 Å². The van der Waals surface area contributed by atoms with Gasteiger partial charge in [-0.1, -0.05) is 30.3 Å². The highest BCUT2D eigenvalue weighted by atomic mass is 19.4. The van der Waals surface area contributed by atoms with Crippen LogP contribution in [0.2, 0.25) is 0 Å². The largest absolute Gasteiger partial charge is 0.389 e. The Labute approximate surface area is 69.0 Å². The van der Waals surface area contributed by atoms with Crippen molar-refractivity contribution in [3.63, 3.8) is 0 Å². The molecule has 0 aromatic heterocycles. The highest BCUT2D eigenvalue weighted by molar-refractivity contribution is 5.22. The van der Waals surface area contributed by atoms with Gasteiger partial charge in [-0.3, -0.25) is 0 Å². The molecule has 1 radical (unpaired) electrons. The van der Waals surface area contributed by atoms with Gasteiger partial charge in [-0.25, -0.2) is 0 Å². The van der Waals surface area contributed by atoms with Gasteiger partial charge in [0.15, 0.2) is 0 Å². The van der Waals surface area contributed by atoms with Gasteiger partial charge in [-0.2, -0.15) is 13.2 Å². The molecular weight excluding hydrogens is 165 g/mol. The summed E-state index contributed by atoms with van der Waals surface area (Å²) < 4.78 is 35.1. The number of hydrogen-bond acceptors (Lipinski definition) is 0. The summed E-state index contributed by atoms with van der Waals surface area (Å²) in [6.45, 7) is 0. The van der Waals surface area contributed by atoms with Crippen LogP contribution in [0.15, 0.2) is 30.3 Å². The minimum absolute atomic E-state index is 0.606. The highest BCUT2D eigenvalue weighted by Crippen LogP contribution is 2.22. The minimum atomic E-state index is -4.10. The van der Waals surface area contributed by atoms with Crippen LogP contribution >= 0.6 is 0 Å². The summed E-state index contributed by atoms with van der Waals surface area (Å²) in [4.78, 5) is 0. The Morgan fingerprint density at radius 1 is 1.08 bits per heavy atom. The summed E-state index contributed by atoms with van der Waals surface area (Å²) in [5, 5.41) is 0. The third-order valence-electron chi connectivity index (χ3n) is 1.37. The molecule has 0 nitrogen and oxygen atoms in total. The van der Waals surface area contributed by atoms with Gasteiger partial charge >= 0.3 is 6.18 Å². The summed E-state index contributed by atoms with van der Waals surface area (Å²) in [6.07, 6.45) is -3.80. The van der Waals surface area contributed by atoms with Gasteiger partial charge in [0.2, 0.25) is 0 Å². The number of hydrogen-bond donors (Lipinski definition) is 0. The summed E-state index contributed by atoms with van der Waals surface area (Å²) in [7, 11) is 0. The molecule has 0 bridgehead atoms. The van der Waals surface area contributed by atoms with Crippen LogP contribution in [0.5, 0.6) is 0 Å². The first-order valence-electron chi connectivity index (χ1n) is 3.53. The molecular formula is C9H8F3. The van der Waals surface area contributed by atoms with Crippen LogP contribution in [0.3, 0.4) is 0 Å². The molecule has 0 aliphatic heterocycles. The van der Waals surface area contributed by atoms with Crippen LogP contribution in [-0.2, 0) is 0 Å². The van der Waals surface area contributed by atoms with Gasteiger partial charge in [0.1, 0.15) is 0 Å². The molecule has 1 aromatic carbocycles. The Morgan fingerprint density at radius 2 is 1.67 bits per heavy atom. The van der Waals surface area contributed by atoms with Gasteiger partial charge in [0.25, 0.3) is 0 Å². The van der Waals surface area contributed by atoms with E-state index < -0.39 is 12.6 Å². The quantitative estimate of drug-likeness (QED) is 0.644. The van der Waals surface area contributed by atoms with E-state index in [1.54, 1.807) is 30.3 Å². The third-order valence-corrected chi connectivity index (χ3v) is 1.37. The molecule has 12 heavy (non-hydrogen) atoms. The number of rotatable bonds is 2. The van der Waals surface area contributed by atoms with Gasteiger partial charge in [0, 0.05) is 0 Å². The Hall–Kier alpha value is -0.990. The average Bonchev–Trinajstić information content (AvgIpc) is 2.02. The van der Waals surface area contributed by atoms with Crippen LogP contribution in [0.1, 0.15) is 12.0 Å². The van der Waals surface area contributed by atoms with Crippen molar-refractivity contribution < 1.29 is 13.2 Å². The molecule has 0 N–H and O–H groups in total. The van der Waals surface area contributed by atoms with Crippen molar-refractivity contribution in [1.29, 1.82) is 0 Å². The van der Waals surface area contributed by atoms with E-state index in [2.05, 4.69) is 0 Å². The lowest BCUT2D eigenvalue weighted by atomic mass is 10.1. The molecule has 0 saturated heterocycles. The lowest BCUT2D eigenvalue weighted by molar-refractivity contribution is -0.127. The Morgan fingerprint density at radius 3 is 2.17 bits per heavy atom. The molecule has 1 aromatic rings. The molecule has 0 amide bonds. The number of alkyl halides is 3. The second-order valence-corrected chi connectivity index (χ2v) is 2.43. The molecule has 0 fully saturated rings. The maximum Gasteiger partial charge on any atom is 0.389 e. The molecule has 0 spiro atoms. The van der Waals surface area contributed by atoms with Gasteiger partial charge < -0.3 is 0 Å². The number of benzene rings is 1. The minimum Gasteiger partial charge on any atom is -0.171 e. The van der Waals surface area contributed by atoms with E-state index >= 15 is 0 Å². The van der Waals surface area contributed by atoms with Crippen molar-refractivity contribution >= 4 is 0 Å². The maximum atomic E-state index is 11.7. The van der Waals surface area contributed by atoms with Gasteiger partial charge in [0.05, 0.1) is 6.42 Å². The van der Waals surface area contributed by atoms with Crippen LogP contribution in [-0.4, -0.2) is 6.18 Å². The first-order valence-corrected chi connectivity index (χ1v) is 3.53. The van der Waals surface area contributed by atoms with Crippen molar-refractivity contribution in [3.05, 3.63) is 42.3 Å². The zero-order valence-corrected chi connectivity index (χ0v) is 6.31. The maximum absolute atomic E-state index is 11.7. The smallest absolute Gasteiger partial charge is 0.171 e. The third kappa shape index (κ3) is 3.42. The zero-order chi connectivity index (χ0) is 9.03. The first-order chi connectivity index (χ1) is 5.58. The molecule has 0 atom stereocenters. The summed E-state index contributed by atoms with van der Waals surface area (Å²) in [6, 6.07) is 8.48. The monoisotopic (exact) mass is 173 g/mol. The molecule has 0 heterocycles. The second kappa shape index (κ2) is 3.61. The highest BCUT2D eigenvalue weighted by Gasteiger charge is 2.26. The van der Waals surface area contributed by atoms with Crippen LogP contribution in [0, 0.1) is 6.42 Å². The van der Waals surface area contributed by atoms with E-state index in [1.807, 2.05) is 0 Å². The van der Waals surface area contributed by atoms with Gasteiger partial charge in [-0.15, -0.1) is 0 Å². The molecule has 0 aliphatic carbocycles. The molecule has 0 unspecified atom stereocenters. The Kier molecular flexibility index (Phi) is 2.74. The Bertz CT molecular complexity index is 225.